The van der Waals surface area contributed by atoms with Gasteiger partial charge in [0.2, 0.25) is 0 Å². The van der Waals surface area contributed by atoms with E-state index in [-0.39, 0.29) is 0 Å². The summed E-state index contributed by atoms with van der Waals surface area (Å²) in [6, 6.07) is 8.81. The Morgan fingerprint density at radius 2 is 2.31 bits per heavy atom. The van der Waals surface area contributed by atoms with Crippen molar-refractivity contribution in [1.29, 1.82) is 0 Å². The van der Waals surface area contributed by atoms with Crippen molar-refractivity contribution in [2.75, 3.05) is 20.2 Å². The molecule has 1 aliphatic rings. The lowest BCUT2D eigenvalue weighted by Gasteiger charge is -2.31. The fourth-order valence-electron chi connectivity index (χ4n) is 2.54. The predicted octanol–water partition coefficient (Wildman–Crippen LogP) is 2.16. The number of benzene rings is 1. The van der Waals surface area contributed by atoms with Gasteiger partial charge in [0.25, 0.3) is 0 Å². The summed E-state index contributed by atoms with van der Waals surface area (Å²) in [7, 11) is 1.82. The Hall–Kier alpha value is -0.860. The van der Waals surface area contributed by atoms with Crippen molar-refractivity contribution in [3.8, 4) is 0 Å². The van der Waals surface area contributed by atoms with E-state index in [0.29, 0.717) is 12.0 Å². The van der Waals surface area contributed by atoms with Crippen molar-refractivity contribution in [3.63, 3.8) is 0 Å². The number of nitrogens with one attached hydrogen (secondary N) is 1. The molecule has 0 unspecified atom stereocenters. The van der Waals surface area contributed by atoms with Crippen LogP contribution in [0.15, 0.2) is 24.3 Å². The summed E-state index contributed by atoms with van der Waals surface area (Å²) in [5.74, 6) is 0.660. The zero-order chi connectivity index (χ0) is 11.4. The Bertz CT molecular complexity index is 337. The number of piperidine rings is 1. The summed E-state index contributed by atoms with van der Waals surface area (Å²) in [5.41, 5.74) is 2.79. The van der Waals surface area contributed by atoms with Gasteiger partial charge in [0.15, 0.2) is 0 Å². The van der Waals surface area contributed by atoms with E-state index in [1.54, 1.807) is 0 Å². The molecule has 16 heavy (non-hydrogen) atoms. The standard InChI is InChI=1S/C14H21NO/c1-11-4-3-5-12(8-11)9-13-6-7-15-10-14(13)16-2/h3-5,8,13-15H,6-7,9-10H2,1-2H3/t13-,14-/m1/s1. The molecule has 1 aliphatic heterocycles. The number of ether oxygens (including phenoxy) is 1. The van der Waals surface area contributed by atoms with Gasteiger partial charge in [-0.1, -0.05) is 29.8 Å². The minimum absolute atomic E-state index is 0.370. The zero-order valence-electron chi connectivity index (χ0n) is 10.2. The highest BCUT2D eigenvalue weighted by Crippen LogP contribution is 2.21. The molecule has 0 aliphatic carbocycles. The molecule has 88 valence electrons. The molecule has 1 fully saturated rings. The highest BCUT2D eigenvalue weighted by molar-refractivity contribution is 5.22. The molecule has 2 nitrogen and oxygen atoms in total. The fraction of sp³-hybridized carbons (Fsp3) is 0.571. The van der Waals surface area contributed by atoms with Gasteiger partial charge in [0.05, 0.1) is 6.10 Å². The zero-order valence-corrected chi connectivity index (χ0v) is 10.2. The Morgan fingerprint density at radius 1 is 1.44 bits per heavy atom. The number of methoxy groups -OCH3 is 1. The van der Waals surface area contributed by atoms with E-state index in [4.69, 9.17) is 4.74 Å². The average molecular weight is 219 g/mol. The van der Waals surface area contributed by atoms with Gasteiger partial charge in [-0.25, -0.2) is 0 Å². The molecule has 1 N–H and O–H groups in total. The third-order valence-electron chi connectivity index (χ3n) is 3.45. The summed E-state index contributed by atoms with van der Waals surface area (Å²) < 4.78 is 5.54. The summed E-state index contributed by atoms with van der Waals surface area (Å²) in [5, 5.41) is 3.39. The SMILES string of the molecule is CO[C@@H]1CNCC[C@@H]1Cc1cccc(C)c1. The third kappa shape index (κ3) is 2.83. The van der Waals surface area contributed by atoms with E-state index in [2.05, 4.69) is 36.5 Å². The number of hydrogen-bond donors (Lipinski definition) is 1. The number of rotatable bonds is 3. The van der Waals surface area contributed by atoms with Crippen molar-refractivity contribution in [3.05, 3.63) is 35.4 Å². The Kier molecular flexibility index (Phi) is 3.97. The van der Waals surface area contributed by atoms with E-state index in [0.717, 1.165) is 19.5 Å². The summed E-state index contributed by atoms with van der Waals surface area (Å²) in [6.07, 6.45) is 2.73. The highest BCUT2D eigenvalue weighted by Gasteiger charge is 2.24. The molecular formula is C14H21NO. The van der Waals surface area contributed by atoms with Crippen LogP contribution in [0.2, 0.25) is 0 Å². The first kappa shape index (κ1) is 11.6. The molecule has 0 amide bonds. The van der Waals surface area contributed by atoms with E-state index < -0.39 is 0 Å². The van der Waals surface area contributed by atoms with Gasteiger partial charge in [0.1, 0.15) is 0 Å². The summed E-state index contributed by atoms with van der Waals surface area (Å²) >= 11 is 0. The lowest BCUT2D eigenvalue weighted by Crippen LogP contribution is -2.42. The van der Waals surface area contributed by atoms with Crippen LogP contribution in [0.4, 0.5) is 0 Å². The molecule has 2 atom stereocenters. The Morgan fingerprint density at radius 3 is 3.06 bits per heavy atom. The van der Waals surface area contributed by atoms with Crippen molar-refractivity contribution in [2.24, 2.45) is 5.92 Å². The minimum atomic E-state index is 0.370. The molecular weight excluding hydrogens is 198 g/mol. The van der Waals surface area contributed by atoms with Crippen molar-refractivity contribution in [2.45, 2.75) is 25.9 Å². The first-order chi connectivity index (χ1) is 7.79. The molecule has 2 heteroatoms. The lowest BCUT2D eigenvalue weighted by molar-refractivity contribution is 0.0341. The van der Waals surface area contributed by atoms with Gasteiger partial charge in [-0.2, -0.15) is 0 Å². The van der Waals surface area contributed by atoms with Crippen LogP contribution in [0.3, 0.4) is 0 Å². The van der Waals surface area contributed by atoms with Crippen molar-refractivity contribution >= 4 is 0 Å². The Labute approximate surface area is 98.0 Å². The van der Waals surface area contributed by atoms with Crippen LogP contribution in [0.5, 0.6) is 0 Å². The predicted molar refractivity (Wildman–Crippen MR) is 66.7 cm³/mol. The van der Waals surface area contributed by atoms with E-state index >= 15 is 0 Å². The maximum atomic E-state index is 5.54. The topological polar surface area (TPSA) is 21.3 Å². The molecule has 1 saturated heterocycles. The van der Waals surface area contributed by atoms with Crippen LogP contribution in [0.1, 0.15) is 17.5 Å². The second-order valence-electron chi connectivity index (χ2n) is 4.72. The van der Waals surface area contributed by atoms with Gasteiger partial charge < -0.3 is 10.1 Å². The number of hydrogen-bond acceptors (Lipinski definition) is 2. The first-order valence-electron chi connectivity index (χ1n) is 6.08. The third-order valence-corrected chi connectivity index (χ3v) is 3.45. The van der Waals surface area contributed by atoms with Gasteiger partial charge in [-0.15, -0.1) is 0 Å². The van der Waals surface area contributed by atoms with Gasteiger partial charge in [0, 0.05) is 13.7 Å². The van der Waals surface area contributed by atoms with Crippen LogP contribution < -0.4 is 5.32 Å². The van der Waals surface area contributed by atoms with Crippen molar-refractivity contribution in [1.82, 2.24) is 5.32 Å². The van der Waals surface area contributed by atoms with E-state index in [1.807, 2.05) is 7.11 Å². The largest absolute Gasteiger partial charge is 0.380 e. The van der Waals surface area contributed by atoms with Gasteiger partial charge >= 0.3 is 0 Å². The van der Waals surface area contributed by atoms with Crippen LogP contribution >= 0.6 is 0 Å². The molecule has 1 heterocycles. The monoisotopic (exact) mass is 219 g/mol. The van der Waals surface area contributed by atoms with Crippen molar-refractivity contribution < 1.29 is 4.74 Å². The minimum Gasteiger partial charge on any atom is -0.380 e. The molecule has 0 aromatic heterocycles. The second-order valence-corrected chi connectivity index (χ2v) is 4.72. The molecule has 0 radical (unpaired) electrons. The quantitative estimate of drug-likeness (QED) is 0.841. The first-order valence-corrected chi connectivity index (χ1v) is 6.08. The van der Waals surface area contributed by atoms with E-state index in [1.165, 1.54) is 17.5 Å². The highest BCUT2D eigenvalue weighted by atomic mass is 16.5. The Balaban J connectivity index is 2.02. The number of aryl methyl sites for hydroxylation is 1. The maximum absolute atomic E-state index is 5.54. The van der Waals surface area contributed by atoms with Crippen LogP contribution in [-0.2, 0) is 11.2 Å². The smallest absolute Gasteiger partial charge is 0.0727 e. The molecule has 0 bridgehead atoms. The summed E-state index contributed by atoms with van der Waals surface area (Å²) in [4.78, 5) is 0. The molecule has 0 spiro atoms. The average Bonchev–Trinajstić information content (AvgIpc) is 2.30. The van der Waals surface area contributed by atoms with Crippen LogP contribution in [-0.4, -0.2) is 26.3 Å². The molecule has 1 aromatic rings. The van der Waals surface area contributed by atoms with Crippen LogP contribution in [0, 0.1) is 12.8 Å². The normalized spacial score (nSPS) is 25.6. The maximum Gasteiger partial charge on any atom is 0.0727 e. The van der Waals surface area contributed by atoms with Crippen LogP contribution in [0.25, 0.3) is 0 Å². The van der Waals surface area contributed by atoms with E-state index in [9.17, 15) is 0 Å². The fourth-order valence-corrected chi connectivity index (χ4v) is 2.54. The molecule has 1 aromatic carbocycles. The second kappa shape index (κ2) is 5.46. The molecule has 0 saturated carbocycles. The van der Waals surface area contributed by atoms with Gasteiger partial charge in [-0.3, -0.25) is 0 Å². The van der Waals surface area contributed by atoms with Gasteiger partial charge in [-0.05, 0) is 37.8 Å². The lowest BCUT2D eigenvalue weighted by atomic mass is 9.88. The summed E-state index contributed by atoms with van der Waals surface area (Å²) in [6.45, 7) is 4.27. The molecule has 2 rings (SSSR count).